The van der Waals surface area contributed by atoms with E-state index >= 15 is 0 Å². The van der Waals surface area contributed by atoms with Gasteiger partial charge in [0, 0.05) is 18.7 Å². The highest BCUT2D eigenvalue weighted by molar-refractivity contribution is 6.62. The van der Waals surface area contributed by atoms with Crippen LogP contribution in [0.5, 0.6) is 0 Å². The summed E-state index contributed by atoms with van der Waals surface area (Å²) in [5.41, 5.74) is 1.69. The lowest BCUT2D eigenvalue weighted by molar-refractivity contribution is 0.00578. The van der Waals surface area contributed by atoms with Gasteiger partial charge in [0.05, 0.1) is 11.2 Å². The van der Waals surface area contributed by atoms with Gasteiger partial charge in [0.15, 0.2) is 0 Å². The largest absolute Gasteiger partial charge is 0.494 e. The Hall–Kier alpha value is -1.17. The molecule has 0 aliphatic carbocycles. The van der Waals surface area contributed by atoms with Gasteiger partial charge in [-0.05, 0) is 58.3 Å². The van der Waals surface area contributed by atoms with Crippen LogP contribution in [0.4, 0.5) is 4.39 Å². The van der Waals surface area contributed by atoms with Crippen molar-refractivity contribution in [1.82, 2.24) is 4.90 Å². The van der Waals surface area contributed by atoms with Crippen LogP contribution in [0.25, 0.3) is 5.57 Å². The molecule has 2 aliphatic heterocycles. The van der Waals surface area contributed by atoms with E-state index in [2.05, 4.69) is 18.0 Å². The minimum atomic E-state index is -0.519. The molecular weight excluding hydrogens is 292 g/mol. The van der Waals surface area contributed by atoms with Crippen LogP contribution in [0.3, 0.4) is 0 Å². The van der Waals surface area contributed by atoms with Crippen LogP contribution in [-0.4, -0.2) is 43.4 Å². The zero-order chi connectivity index (χ0) is 16.8. The molecule has 0 spiro atoms. The van der Waals surface area contributed by atoms with Crippen LogP contribution in [-0.2, 0) is 9.31 Å². The van der Waals surface area contributed by atoms with Crippen LogP contribution in [0.1, 0.15) is 39.7 Å². The molecule has 2 aliphatic rings. The highest BCUT2D eigenvalue weighted by atomic mass is 19.1. The number of nitrogens with zero attached hydrogens (tertiary/aromatic N) is 1. The summed E-state index contributed by atoms with van der Waals surface area (Å²) < 4.78 is 26.6. The first kappa shape index (κ1) is 16.7. The minimum Gasteiger partial charge on any atom is -0.399 e. The molecule has 0 saturated carbocycles. The van der Waals surface area contributed by atoms with Crippen molar-refractivity contribution < 1.29 is 13.7 Å². The lowest BCUT2D eigenvalue weighted by Gasteiger charge is -2.32. The predicted molar refractivity (Wildman–Crippen MR) is 92.2 cm³/mol. The molecule has 124 valence electrons. The number of halogens is 1. The summed E-state index contributed by atoms with van der Waals surface area (Å²) in [5.74, 6) is -0.201. The third kappa shape index (κ3) is 3.10. The summed E-state index contributed by atoms with van der Waals surface area (Å²) in [6.07, 6.45) is 2.99. The average Bonchev–Trinajstić information content (AvgIpc) is 2.68. The number of benzene rings is 1. The second-order valence-corrected chi connectivity index (χ2v) is 7.57. The molecule has 0 amide bonds. The number of likely N-dealkylation sites (N-methyl/N-ethyl adjacent to an activating group) is 1. The Morgan fingerprint density at radius 2 is 1.78 bits per heavy atom. The van der Waals surface area contributed by atoms with Gasteiger partial charge < -0.3 is 14.2 Å². The van der Waals surface area contributed by atoms with Crippen LogP contribution >= 0.6 is 0 Å². The summed E-state index contributed by atoms with van der Waals surface area (Å²) in [7, 11) is 1.56. The zero-order valence-corrected chi connectivity index (χ0v) is 14.6. The number of rotatable bonds is 2. The van der Waals surface area contributed by atoms with Gasteiger partial charge in [0.2, 0.25) is 0 Å². The van der Waals surface area contributed by atoms with Gasteiger partial charge in [0.25, 0.3) is 0 Å². The van der Waals surface area contributed by atoms with Crippen LogP contribution in [0.15, 0.2) is 24.3 Å². The molecule has 2 heterocycles. The maximum atomic E-state index is 14.6. The Bertz CT molecular complexity index is 626. The topological polar surface area (TPSA) is 21.7 Å². The van der Waals surface area contributed by atoms with E-state index in [1.165, 1.54) is 0 Å². The van der Waals surface area contributed by atoms with Crippen molar-refractivity contribution in [1.29, 1.82) is 0 Å². The van der Waals surface area contributed by atoms with E-state index in [1.54, 1.807) is 6.07 Å². The average molecular weight is 317 g/mol. The molecule has 0 unspecified atom stereocenters. The van der Waals surface area contributed by atoms with E-state index in [4.69, 9.17) is 9.31 Å². The van der Waals surface area contributed by atoms with Crippen molar-refractivity contribution in [3.05, 3.63) is 35.7 Å². The van der Waals surface area contributed by atoms with E-state index < -0.39 is 18.3 Å². The van der Waals surface area contributed by atoms with Crippen molar-refractivity contribution in [3.8, 4) is 0 Å². The fourth-order valence-corrected chi connectivity index (χ4v) is 2.93. The lowest BCUT2D eigenvalue weighted by atomic mass is 9.78. The first-order valence-corrected chi connectivity index (χ1v) is 8.23. The van der Waals surface area contributed by atoms with E-state index in [1.807, 2.05) is 39.8 Å². The first-order valence-electron chi connectivity index (χ1n) is 8.23. The quantitative estimate of drug-likeness (QED) is 0.783. The maximum Gasteiger partial charge on any atom is 0.494 e. The van der Waals surface area contributed by atoms with Gasteiger partial charge in [-0.2, -0.15) is 0 Å². The van der Waals surface area contributed by atoms with Crippen molar-refractivity contribution in [2.75, 3.05) is 20.1 Å². The van der Waals surface area contributed by atoms with E-state index in [-0.39, 0.29) is 5.82 Å². The highest BCUT2D eigenvalue weighted by Crippen LogP contribution is 2.36. The normalized spacial score (nSPS) is 23.9. The Kier molecular flexibility index (Phi) is 4.15. The molecule has 0 atom stereocenters. The highest BCUT2D eigenvalue weighted by Gasteiger charge is 2.51. The predicted octanol–water partition coefficient (Wildman–Crippen LogP) is 2.84. The fourth-order valence-electron chi connectivity index (χ4n) is 2.93. The molecule has 23 heavy (non-hydrogen) atoms. The maximum absolute atomic E-state index is 14.6. The van der Waals surface area contributed by atoms with Crippen LogP contribution in [0, 0.1) is 5.82 Å². The Morgan fingerprint density at radius 1 is 1.13 bits per heavy atom. The molecule has 1 fully saturated rings. The Morgan fingerprint density at radius 3 is 2.30 bits per heavy atom. The van der Waals surface area contributed by atoms with Crippen molar-refractivity contribution in [3.63, 3.8) is 0 Å². The number of hydrogen-bond donors (Lipinski definition) is 0. The third-order valence-electron chi connectivity index (χ3n) is 5.28. The molecule has 1 saturated heterocycles. The van der Waals surface area contributed by atoms with Gasteiger partial charge in [-0.1, -0.05) is 18.2 Å². The summed E-state index contributed by atoms with van der Waals surface area (Å²) in [5, 5.41) is 0. The van der Waals surface area contributed by atoms with Crippen LogP contribution in [0.2, 0.25) is 0 Å². The monoisotopic (exact) mass is 317 g/mol. The smallest absolute Gasteiger partial charge is 0.399 e. The standard InChI is InChI=1S/C18H25BFNO2/c1-17(2)18(3,4)23-19(22-17)14-6-7-15(16(20)12-14)13-8-10-21(5)11-9-13/h6-8,12H,9-11H2,1-5H3. The van der Waals surface area contributed by atoms with E-state index in [9.17, 15) is 4.39 Å². The molecule has 3 rings (SSSR count). The van der Waals surface area contributed by atoms with E-state index in [0.717, 1.165) is 30.5 Å². The Labute approximate surface area is 138 Å². The van der Waals surface area contributed by atoms with Gasteiger partial charge >= 0.3 is 7.12 Å². The summed E-state index contributed by atoms with van der Waals surface area (Å²) >= 11 is 0. The van der Waals surface area contributed by atoms with Crippen molar-refractivity contribution >= 4 is 18.2 Å². The Balaban J connectivity index is 1.84. The number of hydrogen-bond acceptors (Lipinski definition) is 3. The van der Waals surface area contributed by atoms with Crippen molar-refractivity contribution in [2.45, 2.75) is 45.3 Å². The molecule has 0 N–H and O–H groups in total. The molecule has 1 aromatic carbocycles. The molecule has 0 bridgehead atoms. The molecule has 0 radical (unpaired) electrons. The fraction of sp³-hybridized carbons (Fsp3) is 0.556. The minimum absolute atomic E-state index is 0.201. The van der Waals surface area contributed by atoms with Crippen LogP contribution < -0.4 is 5.46 Å². The van der Waals surface area contributed by atoms with Gasteiger partial charge in [-0.15, -0.1) is 0 Å². The first-order chi connectivity index (χ1) is 10.7. The van der Waals surface area contributed by atoms with Crippen molar-refractivity contribution in [2.24, 2.45) is 0 Å². The zero-order valence-electron chi connectivity index (χ0n) is 14.6. The molecule has 5 heteroatoms. The van der Waals surface area contributed by atoms with Gasteiger partial charge in [-0.3, -0.25) is 0 Å². The molecule has 3 nitrogen and oxygen atoms in total. The lowest BCUT2D eigenvalue weighted by Crippen LogP contribution is -2.41. The van der Waals surface area contributed by atoms with E-state index in [0.29, 0.717) is 5.56 Å². The SMILES string of the molecule is CN1CC=C(c2ccc(B3OC(C)(C)C(C)(C)O3)cc2F)CC1. The molecular formula is C18H25BFNO2. The van der Waals surface area contributed by atoms with Gasteiger partial charge in [-0.25, -0.2) is 4.39 Å². The summed E-state index contributed by atoms with van der Waals surface area (Å²) in [4.78, 5) is 2.22. The molecule has 1 aromatic rings. The second-order valence-electron chi connectivity index (χ2n) is 7.57. The summed E-state index contributed by atoms with van der Waals surface area (Å²) in [6, 6.07) is 5.32. The van der Waals surface area contributed by atoms with Gasteiger partial charge in [0.1, 0.15) is 5.82 Å². The molecule has 0 aromatic heterocycles. The second kappa shape index (κ2) is 5.73. The third-order valence-corrected chi connectivity index (χ3v) is 5.28. The summed E-state index contributed by atoms with van der Waals surface area (Å²) in [6.45, 7) is 9.84.